The van der Waals surface area contributed by atoms with Crippen LogP contribution < -0.4 is 14.8 Å². The van der Waals surface area contributed by atoms with Crippen LogP contribution in [0.4, 0.5) is 5.69 Å². The van der Waals surface area contributed by atoms with Crippen LogP contribution in [0.25, 0.3) is 10.9 Å². The largest absolute Gasteiger partial charge is 0.497 e. The van der Waals surface area contributed by atoms with E-state index in [4.69, 9.17) is 14.6 Å². The molecule has 1 aliphatic heterocycles. The van der Waals surface area contributed by atoms with Crippen LogP contribution in [-0.4, -0.2) is 36.8 Å². The van der Waals surface area contributed by atoms with Crippen molar-refractivity contribution in [3.63, 3.8) is 0 Å². The Morgan fingerprint density at radius 3 is 2.55 bits per heavy atom. The minimum Gasteiger partial charge on any atom is -0.497 e. The fraction of sp³-hybridized carbons (Fsp3) is 0.222. The number of aliphatic hydroxyl groups is 1. The summed E-state index contributed by atoms with van der Waals surface area (Å²) in [4.78, 5) is 14.8. The van der Waals surface area contributed by atoms with E-state index < -0.39 is 0 Å². The highest BCUT2D eigenvalue weighted by molar-refractivity contribution is 5.88. The molecule has 2 heterocycles. The van der Waals surface area contributed by atoms with E-state index in [0.717, 1.165) is 29.8 Å². The number of H-pyrrole nitrogens is 1. The van der Waals surface area contributed by atoms with E-state index in [1.807, 2.05) is 36.4 Å². The normalized spacial score (nSPS) is 16.7. The van der Waals surface area contributed by atoms with Gasteiger partial charge in [-0.2, -0.15) is 0 Å². The standard InChI is InChI=1S/C26H24N2O3.CH4O/c1-16(29)28-18-9-7-17(8-10-18)26-21-5-3-4-6-25(21)31-15-23(26)22-14-27-24-13-19(30-2)11-12-20(22)24;1-2/h3-14,23,26-27H,15H2,1-2H3,(H,28,29);2H,1H3. The summed E-state index contributed by atoms with van der Waals surface area (Å²) in [5.41, 5.74) is 5.44. The summed E-state index contributed by atoms with van der Waals surface area (Å²) in [7, 11) is 2.68. The molecule has 6 nitrogen and oxygen atoms in total. The maximum absolute atomic E-state index is 11.4. The Kier molecular flexibility index (Phi) is 6.66. The molecular weight excluding hydrogens is 416 g/mol. The van der Waals surface area contributed by atoms with Crippen molar-refractivity contribution in [2.75, 3.05) is 26.1 Å². The minimum atomic E-state index is -0.0729. The monoisotopic (exact) mass is 444 g/mol. The number of aromatic amines is 1. The highest BCUT2D eigenvalue weighted by Crippen LogP contribution is 2.47. The summed E-state index contributed by atoms with van der Waals surface area (Å²) in [6.07, 6.45) is 2.09. The van der Waals surface area contributed by atoms with Gasteiger partial charge in [-0.25, -0.2) is 0 Å². The molecule has 0 radical (unpaired) electrons. The van der Waals surface area contributed by atoms with E-state index in [9.17, 15) is 4.79 Å². The van der Waals surface area contributed by atoms with Gasteiger partial charge in [-0.1, -0.05) is 30.3 Å². The van der Waals surface area contributed by atoms with Gasteiger partial charge in [0.05, 0.1) is 13.7 Å². The van der Waals surface area contributed by atoms with Crippen molar-refractivity contribution >= 4 is 22.5 Å². The summed E-state index contributed by atoms with van der Waals surface area (Å²) in [6.45, 7) is 2.11. The number of aliphatic hydroxyl groups excluding tert-OH is 1. The third kappa shape index (κ3) is 4.43. The van der Waals surface area contributed by atoms with Gasteiger partial charge in [-0.3, -0.25) is 4.79 Å². The average molecular weight is 445 g/mol. The number of carbonyl (C=O) groups is 1. The number of hydrogen-bond acceptors (Lipinski definition) is 4. The number of aromatic nitrogens is 1. The highest BCUT2D eigenvalue weighted by Gasteiger charge is 2.34. The predicted molar refractivity (Wildman–Crippen MR) is 130 cm³/mol. The molecule has 0 bridgehead atoms. The maximum Gasteiger partial charge on any atom is 0.221 e. The van der Waals surface area contributed by atoms with E-state index in [1.165, 1.54) is 29.0 Å². The van der Waals surface area contributed by atoms with Crippen LogP contribution in [0, 0.1) is 0 Å². The van der Waals surface area contributed by atoms with Crippen molar-refractivity contribution in [2.24, 2.45) is 0 Å². The number of amides is 1. The van der Waals surface area contributed by atoms with Crippen LogP contribution in [-0.2, 0) is 4.79 Å². The first-order valence-corrected chi connectivity index (χ1v) is 10.8. The lowest BCUT2D eigenvalue weighted by atomic mass is 9.76. The van der Waals surface area contributed by atoms with Crippen LogP contribution in [0.1, 0.15) is 35.4 Å². The average Bonchev–Trinajstić information content (AvgIpc) is 3.28. The number of para-hydroxylation sites is 1. The first kappa shape index (κ1) is 22.4. The molecule has 1 aromatic heterocycles. The lowest BCUT2D eigenvalue weighted by Gasteiger charge is -2.34. The van der Waals surface area contributed by atoms with E-state index in [2.05, 4.69) is 46.8 Å². The fourth-order valence-corrected chi connectivity index (χ4v) is 4.58. The Labute approximate surface area is 193 Å². The van der Waals surface area contributed by atoms with E-state index in [-0.39, 0.29) is 17.7 Å². The summed E-state index contributed by atoms with van der Waals surface area (Å²) >= 11 is 0. The van der Waals surface area contributed by atoms with Gasteiger partial charge in [0.25, 0.3) is 0 Å². The lowest BCUT2D eigenvalue weighted by molar-refractivity contribution is -0.114. The van der Waals surface area contributed by atoms with Crippen LogP contribution in [0.2, 0.25) is 0 Å². The van der Waals surface area contributed by atoms with Gasteiger partial charge in [0, 0.05) is 60.3 Å². The Balaban J connectivity index is 0.00000126. The zero-order valence-electron chi connectivity index (χ0n) is 19.0. The zero-order valence-corrected chi connectivity index (χ0v) is 19.0. The number of carbonyl (C=O) groups excluding carboxylic acids is 1. The van der Waals surface area contributed by atoms with Crippen molar-refractivity contribution in [1.82, 2.24) is 4.98 Å². The van der Waals surface area contributed by atoms with Gasteiger partial charge in [0.1, 0.15) is 11.5 Å². The third-order valence-electron chi connectivity index (χ3n) is 5.99. The quantitative estimate of drug-likeness (QED) is 0.411. The maximum atomic E-state index is 11.4. The molecule has 2 unspecified atom stereocenters. The summed E-state index contributed by atoms with van der Waals surface area (Å²) in [6, 6.07) is 22.5. The van der Waals surface area contributed by atoms with Crippen LogP contribution in [0.5, 0.6) is 11.5 Å². The van der Waals surface area contributed by atoms with Crippen molar-refractivity contribution in [3.05, 3.63) is 89.6 Å². The SMILES string of the molecule is CO.COc1ccc2c(C3COc4ccccc4C3c3ccc(NC(C)=O)cc3)c[nH]c2c1. The predicted octanol–water partition coefficient (Wildman–Crippen LogP) is 5.05. The molecule has 3 aromatic carbocycles. The fourth-order valence-electron chi connectivity index (χ4n) is 4.58. The van der Waals surface area contributed by atoms with Gasteiger partial charge in [0.15, 0.2) is 0 Å². The van der Waals surface area contributed by atoms with E-state index in [1.54, 1.807) is 7.11 Å². The lowest BCUT2D eigenvalue weighted by Crippen LogP contribution is -2.25. The summed E-state index contributed by atoms with van der Waals surface area (Å²) in [5.74, 6) is 1.96. The minimum absolute atomic E-state index is 0.0729. The van der Waals surface area contributed by atoms with Gasteiger partial charge < -0.3 is 24.9 Å². The zero-order chi connectivity index (χ0) is 23.4. The molecule has 170 valence electrons. The molecule has 1 amide bonds. The molecule has 6 heteroatoms. The van der Waals surface area contributed by atoms with Gasteiger partial charge in [0.2, 0.25) is 5.91 Å². The molecule has 0 saturated carbocycles. The van der Waals surface area contributed by atoms with Crippen molar-refractivity contribution < 1.29 is 19.4 Å². The molecule has 0 fully saturated rings. The molecule has 2 atom stereocenters. The summed E-state index contributed by atoms with van der Waals surface area (Å²) < 4.78 is 11.6. The Bertz CT molecular complexity index is 1250. The number of ether oxygens (including phenoxy) is 2. The van der Waals surface area contributed by atoms with Crippen molar-refractivity contribution in [2.45, 2.75) is 18.8 Å². The number of methoxy groups -OCH3 is 1. The van der Waals surface area contributed by atoms with Crippen LogP contribution in [0.3, 0.4) is 0 Å². The van der Waals surface area contributed by atoms with Crippen LogP contribution >= 0.6 is 0 Å². The molecule has 0 aliphatic carbocycles. The van der Waals surface area contributed by atoms with Crippen LogP contribution in [0.15, 0.2) is 72.9 Å². The number of anilines is 1. The summed E-state index contributed by atoms with van der Waals surface area (Å²) in [5, 5.41) is 11.0. The second kappa shape index (κ2) is 9.79. The van der Waals surface area contributed by atoms with E-state index in [0.29, 0.717) is 6.61 Å². The smallest absolute Gasteiger partial charge is 0.221 e. The first-order chi connectivity index (χ1) is 16.1. The third-order valence-corrected chi connectivity index (χ3v) is 5.99. The number of hydrogen-bond donors (Lipinski definition) is 3. The molecule has 0 saturated heterocycles. The van der Waals surface area contributed by atoms with Gasteiger partial charge >= 0.3 is 0 Å². The molecular formula is C27H28N2O4. The molecule has 5 rings (SSSR count). The Morgan fingerprint density at radius 2 is 1.82 bits per heavy atom. The second-order valence-corrected chi connectivity index (χ2v) is 7.89. The molecule has 4 aromatic rings. The second-order valence-electron chi connectivity index (χ2n) is 7.89. The number of rotatable bonds is 4. The Morgan fingerprint density at radius 1 is 1.06 bits per heavy atom. The Hall–Kier alpha value is -3.77. The number of nitrogens with one attached hydrogen (secondary N) is 2. The molecule has 0 spiro atoms. The molecule has 1 aliphatic rings. The molecule has 3 N–H and O–H groups in total. The van der Waals surface area contributed by atoms with Crippen molar-refractivity contribution in [1.29, 1.82) is 0 Å². The number of fused-ring (bicyclic) bond motifs is 2. The van der Waals surface area contributed by atoms with Crippen molar-refractivity contribution in [3.8, 4) is 11.5 Å². The van der Waals surface area contributed by atoms with E-state index >= 15 is 0 Å². The highest BCUT2D eigenvalue weighted by atomic mass is 16.5. The molecule has 33 heavy (non-hydrogen) atoms. The van der Waals surface area contributed by atoms with Gasteiger partial charge in [-0.05, 0) is 41.5 Å². The van der Waals surface area contributed by atoms with Gasteiger partial charge in [-0.15, -0.1) is 0 Å². The topological polar surface area (TPSA) is 83.6 Å². The first-order valence-electron chi connectivity index (χ1n) is 10.8. The number of benzene rings is 3.